The first kappa shape index (κ1) is 18.6. The Morgan fingerprint density at radius 2 is 2.25 bits per heavy atom. The molecule has 7 heteroatoms. The molecule has 0 spiro atoms. The Morgan fingerprint density at radius 3 is 2.79 bits per heavy atom. The number of hydrogen-bond acceptors (Lipinski definition) is 4. The van der Waals surface area contributed by atoms with Gasteiger partial charge in [-0.25, -0.2) is 13.8 Å². The number of ether oxygens (including phenoxy) is 1. The van der Waals surface area contributed by atoms with Crippen molar-refractivity contribution >= 4 is 5.91 Å². The van der Waals surface area contributed by atoms with Crippen LogP contribution in [0.4, 0.5) is 8.78 Å². The van der Waals surface area contributed by atoms with E-state index in [2.05, 4.69) is 9.88 Å². The van der Waals surface area contributed by atoms with Crippen molar-refractivity contribution in [3.63, 3.8) is 0 Å². The number of nitrogens with zero attached hydrogens (tertiary/aromatic N) is 2. The largest absolute Gasteiger partial charge is 0.477 e. The molecule has 1 saturated heterocycles. The first-order valence-corrected chi connectivity index (χ1v) is 8.09. The van der Waals surface area contributed by atoms with E-state index >= 15 is 0 Å². The third-order valence-electron chi connectivity index (χ3n) is 4.73. The summed E-state index contributed by atoms with van der Waals surface area (Å²) in [6.07, 6.45) is 0.645. The van der Waals surface area contributed by atoms with E-state index in [0.717, 1.165) is 19.4 Å². The van der Waals surface area contributed by atoms with Crippen molar-refractivity contribution in [2.45, 2.75) is 39.2 Å². The van der Waals surface area contributed by atoms with Gasteiger partial charge in [0.25, 0.3) is 6.43 Å². The van der Waals surface area contributed by atoms with Gasteiger partial charge in [0.15, 0.2) is 0 Å². The monoisotopic (exact) mass is 341 g/mol. The normalized spacial score (nSPS) is 20.3. The number of likely N-dealkylation sites (tertiary alicyclic amines) is 1. The van der Waals surface area contributed by atoms with Crippen molar-refractivity contribution in [3.8, 4) is 5.88 Å². The summed E-state index contributed by atoms with van der Waals surface area (Å²) in [5.41, 5.74) is 4.80. The van der Waals surface area contributed by atoms with E-state index in [-0.39, 0.29) is 24.1 Å². The van der Waals surface area contributed by atoms with E-state index in [4.69, 9.17) is 10.5 Å². The van der Waals surface area contributed by atoms with E-state index in [0.29, 0.717) is 0 Å². The lowest BCUT2D eigenvalue weighted by atomic mass is 9.74. The number of aromatic nitrogens is 1. The average molecular weight is 341 g/mol. The second-order valence-electron chi connectivity index (χ2n) is 7.05. The predicted molar refractivity (Wildman–Crippen MR) is 86.8 cm³/mol. The Morgan fingerprint density at radius 1 is 1.54 bits per heavy atom. The van der Waals surface area contributed by atoms with Gasteiger partial charge in [0.2, 0.25) is 11.8 Å². The van der Waals surface area contributed by atoms with E-state index in [9.17, 15) is 13.6 Å². The van der Waals surface area contributed by atoms with Gasteiger partial charge < -0.3 is 15.4 Å². The van der Waals surface area contributed by atoms with Crippen molar-refractivity contribution in [1.82, 2.24) is 9.88 Å². The minimum Gasteiger partial charge on any atom is -0.477 e. The minimum atomic E-state index is -2.66. The van der Waals surface area contributed by atoms with Crippen LogP contribution in [0.15, 0.2) is 18.3 Å². The molecule has 1 amide bonds. The fourth-order valence-electron chi connectivity index (χ4n) is 3.49. The van der Waals surface area contributed by atoms with Crippen LogP contribution in [-0.4, -0.2) is 42.0 Å². The van der Waals surface area contributed by atoms with Crippen LogP contribution in [0.25, 0.3) is 0 Å². The van der Waals surface area contributed by atoms with Gasteiger partial charge in [-0.1, -0.05) is 13.8 Å². The van der Waals surface area contributed by atoms with Gasteiger partial charge in [0, 0.05) is 17.7 Å². The van der Waals surface area contributed by atoms with Crippen molar-refractivity contribution in [3.05, 3.63) is 23.9 Å². The van der Waals surface area contributed by atoms with Crippen LogP contribution in [0, 0.1) is 11.3 Å². The van der Waals surface area contributed by atoms with Gasteiger partial charge in [-0.3, -0.25) is 4.79 Å². The second kappa shape index (κ2) is 7.42. The van der Waals surface area contributed by atoms with Crippen LogP contribution in [-0.2, 0) is 4.79 Å². The van der Waals surface area contributed by atoms with Crippen LogP contribution in [0.3, 0.4) is 0 Å². The van der Waals surface area contributed by atoms with Crippen molar-refractivity contribution in [2.24, 2.45) is 17.1 Å². The number of primary amides is 1. The van der Waals surface area contributed by atoms with Gasteiger partial charge >= 0.3 is 0 Å². The topological polar surface area (TPSA) is 68.5 Å². The standard InChI is InChI=1S/C17H25F2N3O2/c1-17(2,13(15(20)23)12-7-5-9-22(12)3)10-24-16-11(14(18)19)6-4-8-21-16/h4,6,8,12-14H,5,7,9-10H2,1-3H3,(H2,20,23). The summed E-state index contributed by atoms with van der Waals surface area (Å²) >= 11 is 0. The zero-order chi connectivity index (χ0) is 17.9. The van der Waals surface area contributed by atoms with Gasteiger partial charge in [-0.15, -0.1) is 0 Å². The Hall–Kier alpha value is -1.76. The van der Waals surface area contributed by atoms with Gasteiger partial charge in [-0.2, -0.15) is 0 Å². The quantitative estimate of drug-likeness (QED) is 0.828. The summed E-state index contributed by atoms with van der Waals surface area (Å²) < 4.78 is 31.6. The second-order valence-corrected chi connectivity index (χ2v) is 7.05. The Labute approximate surface area is 141 Å². The number of carbonyl (C=O) groups excluding carboxylic acids is 1. The highest BCUT2D eigenvalue weighted by atomic mass is 19.3. The lowest BCUT2D eigenvalue weighted by Gasteiger charge is -2.38. The average Bonchev–Trinajstić information content (AvgIpc) is 2.91. The molecule has 134 valence electrons. The molecular formula is C17H25F2N3O2. The summed E-state index contributed by atoms with van der Waals surface area (Å²) in [6, 6.07) is 2.77. The number of nitrogens with two attached hydrogens (primary N) is 1. The van der Waals surface area contributed by atoms with Crippen LogP contribution in [0.1, 0.15) is 38.7 Å². The number of halogens is 2. The summed E-state index contributed by atoms with van der Waals surface area (Å²) in [5, 5.41) is 0. The van der Waals surface area contributed by atoms with Crippen LogP contribution in [0.2, 0.25) is 0 Å². The molecule has 2 unspecified atom stereocenters. The number of alkyl halides is 2. The zero-order valence-electron chi connectivity index (χ0n) is 14.3. The molecular weight excluding hydrogens is 316 g/mol. The molecule has 0 aliphatic carbocycles. The fourth-order valence-corrected chi connectivity index (χ4v) is 3.49. The molecule has 2 rings (SSSR count). The van der Waals surface area contributed by atoms with Gasteiger partial charge in [0.05, 0.1) is 18.1 Å². The molecule has 1 fully saturated rings. The van der Waals surface area contributed by atoms with Gasteiger partial charge in [-0.05, 0) is 38.6 Å². The lowest BCUT2D eigenvalue weighted by molar-refractivity contribution is -0.129. The summed E-state index contributed by atoms with van der Waals surface area (Å²) in [4.78, 5) is 18.1. The molecule has 0 radical (unpaired) electrons. The number of amides is 1. The first-order chi connectivity index (χ1) is 11.2. The van der Waals surface area contributed by atoms with E-state index in [1.807, 2.05) is 20.9 Å². The minimum absolute atomic E-state index is 0.0411. The van der Waals surface area contributed by atoms with E-state index in [1.54, 1.807) is 0 Å². The number of carbonyl (C=O) groups is 1. The molecule has 0 aromatic carbocycles. The highest BCUT2D eigenvalue weighted by molar-refractivity contribution is 5.78. The maximum atomic E-state index is 13.0. The smallest absolute Gasteiger partial charge is 0.269 e. The Balaban J connectivity index is 2.15. The third-order valence-corrected chi connectivity index (χ3v) is 4.73. The number of pyridine rings is 1. The van der Waals surface area contributed by atoms with E-state index < -0.39 is 23.7 Å². The molecule has 2 atom stereocenters. The first-order valence-electron chi connectivity index (χ1n) is 8.09. The third kappa shape index (κ3) is 4.01. The number of hydrogen-bond donors (Lipinski definition) is 1. The number of rotatable bonds is 7. The fraction of sp³-hybridized carbons (Fsp3) is 0.647. The zero-order valence-corrected chi connectivity index (χ0v) is 14.3. The molecule has 24 heavy (non-hydrogen) atoms. The van der Waals surface area contributed by atoms with Crippen molar-refractivity contribution in [1.29, 1.82) is 0 Å². The Bertz CT molecular complexity index is 581. The predicted octanol–water partition coefficient (Wildman–Crippen LogP) is 2.62. The summed E-state index contributed by atoms with van der Waals surface area (Å²) in [5.74, 6) is -0.912. The summed E-state index contributed by atoms with van der Waals surface area (Å²) in [7, 11) is 1.97. The Kier molecular flexibility index (Phi) is 5.74. The maximum Gasteiger partial charge on any atom is 0.269 e. The molecule has 1 aromatic rings. The molecule has 1 aliphatic rings. The molecule has 2 N–H and O–H groups in total. The highest BCUT2D eigenvalue weighted by Gasteiger charge is 2.43. The van der Waals surface area contributed by atoms with Gasteiger partial charge in [0.1, 0.15) is 0 Å². The SMILES string of the molecule is CN1CCCC1C(C(N)=O)C(C)(C)COc1ncccc1C(F)F. The van der Waals surface area contributed by atoms with Crippen LogP contribution < -0.4 is 10.5 Å². The van der Waals surface area contributed by atoms with Crippen LogP contribution >= 0.6 is 0 Å². The highest BCUT2D eigenvalue weighted by Crippen LogP contribution is 2.37. The van der Waals surface area contributed by atoms with E-state index in [1.165, 1.54) is 18.3 Å². The van der Waals surface area contributed by atoms with Crippen molar-refractivity contribution < 1.29 is 18.3 Å². The molecule has 0 saturated carbocycles. The maximum absolute atomic E-state index is 13.0. The molecule has 5 nitrogen and oxygen atoms in total. The lowest BCUT2D eigenvalue weighted by Crippen LogP contribution is -2.50. The molecule has 1 aliphatic heterocycles. The molecule has 0 bridgehead atoms. The molecule has 1 aromatic heterocycles. The molecule has 2 heterocycles. The van der Waals surface area contributed by atoms with Crippen LogP contribution in [0.5, 0.6) is 5.88 Å². The summed E-state index contributed by atoms with van der Waals surface area (Å²) in [6.45, 7) is 4.75. The van der Waals surface area contributed by atoms with Crippen molar-refractivity contribution in [2.75, 3.05) is 20.2 Å².